The Morgan fingerprint density at radius 2 is 0.401 bits per heavy atom. The molecule has 137 heavy (non-hydrogen) atoms. The summed E-state index contributed by atoms with van der Waals surface area (Å²) >= 11 is 0. The first-order valence-corrected chi connectivity index (χ1v) is 45.8. The molecule has 3 heteroatoms. The van der Waals surface area contributed by atoms with Crippen molar-refractivity contribution in [2.75, 3.05) is 0 Å². The van der Waals surface area contributed by atoms with Crippen LogP contribution < -0.4 is 0 Å². The normalized spacial score (nSPS) is 13.2. The molecule has 25 aromatic carbocycles. The molecule has 0 fully saturated rings. The zero-order valence-electron chi connectivity index (χ0n) is 88.6. The van der Waals surface area contributed by atoms with Gasteiger partial charge >= 0.3 is 0 Å². The summed E-state index contributed by atoms with van der Waals surface area (Å²) in [4.78, 5) is 0. The van der Waals surface area contributed by atoms with Crippen LogP contribution in [0.1, 0.15) is 20.6 Å². The molecule has 0 saturated heterocycles. The molecule has 0 radical (unpaired) electrons. The monoisotopic (exact) mass is 1760 g/mol. The fourth-order valence-electron chi connectivity index (χ4n) is 21.0. The molecular formula is C134H84O3. The fourth-order valence-corrected chi connectivity index (χ4v) is 21.0. The molecule has 0 bridgehead atoms. The number of hydrogen-bond acceptors (Lipinski definition) is 3. The van der Waals surface area contributed by atoms with Crippen molar-refractivity contribution in [3.05, 3.63) is 509 Å². The third kappa shape index (κ3) is 13.9. The average molecular weight is 1760 g/mol. The van der Waals surface area contributed by atoms with E-state index in [9.17, 15) is 0 Å². The first-order valence-electron chi connectivity index (χ1n) is 53.3. The molecule has 3 aromatic heterocycles. The Morgan fingerprint density at radius 1 is 0.131 bits per heavy atom. The molecule has 28 rings (SSSR count). The van der Waals surface area contributed by atoms with Gasteiger partial charge in [0.25, 0.3) is 0 Å². The van der Waals surface area contributed by atoms with Crippen LogP contribution in [0, 0.1) is 0 Å². The minimum atomic E-state index is -0.407. The standard InChI is InChI=1S/C48H30O.C44H28O.C42H26O/c1-3-15-32(16-4-1)42-30-45-43(29-41(42)35-27-26-31-14-7-8-19-34(31)28-35)48-40(24-13-25-44(48)49-45)47-38-22-11-9-20-36(38)46(33-17-5-2-6-18-33)37-21-10-12-23-39(37)47;1-4-15-29(16-5-1)37-27-39-41(28-38(37)30-17-6-2-7-18-30)45-40-26-14-25-36(44(39)40)43-34-23-12-10-21-32(34)42(31-19-8-3-9-20-31)33-22-11-13-24-35(33)43;1-2-11-28(12-3-1)41-33-14-6-8-16-35(33)42(36-17-9-7-15-34(36)41)32-21-23-40-38(26-32)37-25-31(20-22-39(37)43-40)30-19-18-27-10-4-5-13-29(27)24-30/h1-30H;1-28H;1-26H/i2D,5D,6D,17D,18D;3D,8D,9D,19D,20D;1D,2D,3D,11D,12D. The minimum Gasteiger partial charge on any atom is -0.456 e. The molecule has 28 aromatic rings. The van der Waals surface area contributed by atoms with Crippen LogP contribution in [-0.4, -0.2) is 0 Å². The highest BCUT2D eigenvalue weighted by Gasteiger charge is 2.27. The summed E-state index contributed by atoms with van der Waals surface area (Å²) in [5, 5.41) is 21.1. The topological polar surface area (TPSA) is 39.4 Å². The second-order valence-electron chi connectivity index (χ2n) is 34.6. The Labute approximate surface area is 812 Å². The highest BCUT2D eigenvalue weighted by Crippen LogP contribution is 2.53. The molecule has 638 valence electrons. The summed E-state index contributed by atoms with van der Waals surface area (Å²) in [6, 6.07) is 138. The second-order valence-corrected chi connectivity index (χ2v) is 34.6. The van der Waals surface area contributed by atoms with Crippen molar-refractivity contribution in [3.63, 3.8) is 0 Å². The fraction of sp³-hybridized carbons (Fsp3) is 0. The van der Waals surface area contributed by atoms with E-state index < -0.39 is 18.1 Å². The van der Waals surface area contributed by atoms with E-state index in [1.165, 1.54) is 21.5 Å². The van der Waals surface area contributed by atoms with Gasteiger partial charge in [-0.2, -0.15) is 0 Å². The lowest BCUT2D eigenvalue weighted by Crippen LogP contribution is -1.91. The molecular weight excluding hydrogens is 1660 g/mol. The molecule has 3 heterocycles. The van der Waals surface area contributed by atoms with Crippen molar-refractivity contribution in [3.8, 4) is 122 Å². The summed E-state index contributed by atoms with van der Waals surface area (Å²) in [5.74, 6) is 0. The van der Waals surface area contributed by atoms with E-state index in [1.54, 1.807) is 0 Å². The zero-order valence-corrected chi connectivity index (χ0v) is 73.6. The number of fused-ring (bicyclic) bond motifs is 17. The van der Waals surface area contributed by atoms with Gasteiger partial charge in [-0.25, -0.2) is 0 Å². The first kappa shape index (κ1) is 65.5. The van der Waals surface area contributed by atoms with Gasteiger partial charge in [-0.05, 0) is 281 Å². The van der Waals surface area contributed by atoms with Crippen LogP contribution in [0.4, 0.5) is 0 Å². The van der Waals surface area contributed by atoms with Crippen LogP contribution >= 0.6 is 0 Å². The summed E-state index contributed by atoms with van der Waals surface area (Å²) in [6.45, 7) is 0. The Morgan fingerprint density at radius 3 is 0.774 bits per heavy atom. The lowest BCUT2D eigenvalue weighted by Gasteiger charge is -2.18. The van der Waals surface area contributed by atoms with Gasteiger partial charge in [-0.1, -0.05) is 436 Å². The summed E-state index contributed by atoms with van der Waals surface area (Å²) in [5.41, 5.74) is 24.2. The quantitative estimate of drug-likeness (QED) is 0.121. The SMILES string of the molecule is [2H]c1c([2H])c([2H])c(-c2c3ccccc3c(-c3ccc4oc5ccc(-c6ccc7ccccc7c6)cc5c4c3)c3ccccc23)c([2H])c1[2H].[2H]c1c([2H])c([2H])c(-c2c3ccccc3c(-c3cccc4oc5cc(-c6ccccc6)c(-c6ccc7ccccc7c6)cc5c34)c3ccccc23)c([2H])c1[2H].[2H]c1c([2H])c([2H])c(-c2c3ccccc3c(-c3cccc4oc5cc(-c6ccccc6)c(-c6ccccc6)cc5c34)c3ccccc23)c([2H])c1[2H]. The molecule has 0 aliphatic heterocycles. The average Bonchev–Trinajstić information content (AvgIpc) is 1.44. The molecule has 0 aliphatic carbocycles. The summed E-state index contributed by atoms with van der Waals surface area (Å²) in [6.07, 6.45) is 0. The minimum absolute atomic E-state index is 0.195. The maximum absolute atomic E-state index is 8.95. The van der Waals surface area contributed by atoms with Gasteiger partial charge in [-0.3, -0.25) is 0 Å². The first-order chi connectivity index (χ1) is 74.2. The van der Waals surface area contributed by atoms with Gasteiger partial charge in [0.1, 0.15) is 33.5 Å². The smallest absolute Gasteiger partial charge is 0.136 e. The van der Waals surface area contributed by atoms with Crippen LogP contribution in [0.25, 0.3) is 274 Å². The molecule has 3 nitrogen and oxygen atoms in total. The molecule has 0 spiro atoms. The third-order valence-corrected chi connectivity index (χ3v) is 27.0. The number of furan rings is 3. The molecule has 0 amide bonds. The van der Waals surface area contributed by atoms with Crippen LogP contribution in [0.5, 0.6) is 0 Å². The van der Waals surface area contributed by atoms with Crippen molar-refractivity contribution in [1.82, 2.24) is 0 Å². The highest BCUT2D eigenvalue weighted by molar-refractivity contribution is 6.29. The third-order valence-electron chi connectivity index (χ3n) is 27.0. The maximum atomic E-state index is 8.95. The molecule has 0 saturated carbocycles. The Balaban J connectivity index is 0.000000115. The molecule has 0 aliphatic rings. The van der Waals surface area contributed by atoms with E-state index in [2.05, 4.69) is 243 Å². The van der Waals surface area contributed by atoms with Crippen molar-refractivity contribution in [2.45, 2.75) is 0 Å². The number of benzene rings is 25. The van der Waals surface area contributed by atoms with Crippen molar-refractivity contribution < 1.29 is 33.8 Å². The van der Waals surface area contributed by atoms with E-state index >= 15 is 0 Å². The van der Waals surface area contributed by atoms with Crippen LogP contribution in [0.2, 0.25) is 0 Å². The summed E-state index contributed by atoms with van der Waals surface area (Å²) in [7, 11) is 0. The maximum Gasteiger partial charge on any atom is 0.136 e. The van der Waals surface area contributed by atoms with E-state index in [4.69, 9.17) is 33.8 Å². The number of hydrogen-bond donors (Lipinski definition) is 0. The molecule has 0 unspecified atom stereocenters. The molecule has 0 atom stereocenters. The zero-order chi connectivity index (χ0) is 103. The highest BCUT2D eigenvalue weighted by atomic mass is 16.3. The van der Waals surface area contributed by atoms with E-state index in [0.29, 0.717) is 16.7 Å². The Bertz CT molecular complexity index is 10400. The van der Waals surface area contributed by atoms with Crippen LogP contribution in [0.15, 0.2) is 522 Å². The van der Waals surface area contributed by atoms with E-state index in [1.807, 2.05) is 176 Å². The van der Waals surface area contributed by atoms with Gasteiger partial charge < -0.3 is 13.3 Å². The van der Waals surface area contributed by atoms with Crippen molar-refractivity contribution in [1.29, 1.82) is 0 Å². The van der Waals surface area contributed by atoms with Gasteiger partial charge in [-0.15, -0.1) is 0 Å². The molecule has 0 N–H and O–H groups in total. The van der Waals surface area contributed by atoms with Gasteiger partial charge in [0, 0.05) is 32.3 Å². The van der Waals surface area contributed by atoms with Gasteiger partial charge in [0.05, 0.1) is 20.6 Å². The van der Waals surface area contributed by atoms with Gasteiger partial charge in [0.15, 0.2) is 0 Å². The van der Waals surface area contributed by atoms with Crippen molar-refractivity contribution >= 4 is 152 Å². The predicted octanol–water partition coefficient (Wildman–Crippen LogP) is 38.3. The van der Waals surface area contributed by atoms with E-state index in [0.717, 1.165) is 219 Å². The van der Waals surface area contributed by atoms with Gasteiger partial charge in [0.2, 0.25) is 0 Å². The lowest BCUT2D eigenvalue weighted by atomic mass is 9.84. The van der Waals surface area contributed by atoms with Crippen molar-refractivity contribution in [2.24, 2.45) is 0 Å². The number of rotatable bonds is 11. The predicted molar refractivity (Wildman–Crippen MR) is 581 cm³/mol. The largest absolute Gasteiger partial charge is 0.456 e. The second kappa shape index (κ2) is 33.7. The lowest BCUT2D eigenvalue weighted by molar-refractivity contribution is 0.668. The summed E-state index contributed by atoms with van der Waals surface area (Å²) < 4.78 is 148. The van der Waals surface area contributed by atoms with E-state index in [-0.39, 0.29) is 89.2 Å². The van der Waals surface area contributed by atoms with Crippen LogP contribution in [-0.2, 0) is 0 Å². The van der Waals surface area contributed by atoms with Crippen LogP contribution in [0.3, 0.4) is 0 Å². The Hall–Kier alpha value is -18.0. The Kier molecular flexibility index (Phi) is 16.1.